The van der Waals surface area contributed by atoms with E-state index in [-0.39, 0.29) is 0 Å². The van der Waals surface area contributed by atoms with Crippen LogP contribution >= 0.6 is 23.4 Å². The Balaban J connectivity index is 1.63. The van der Waals surface area contributed by atoms with Crippen LogP contribution in [0.4, 0.5) is 0 Å². The molecule has 0 aromatic carbocycles. The van der Waals surface area contributed by atoms with Crippen LogP contribution in [0.15, 0.2) is 54.9 Å². The van der Waals surface area contributed by atoms with Crippen molar-refractivity contribution in [2.45, 2.75) is 25.0 Å². The minimum Gasteiger partial charge on any atom is -0.367 e. The van der Waals surface area contributed by atoms with E-state index in [4.69, 9.17) is 11.6 Å². The molecule has 0 fully saturated rings. The molecule has 0 bridgehead atoms. The summed E-state index contributed by atoms with van der Waals surface area (Å²) in [5.74, 6) is 2.17. The average Bonchev–Trinajstić information content (AvgIpc) is 2.69. The molecule has 0 saturated carbocycles. The number of pyridine rings is 2. The SMILES string of the molecule is O=[N+]([O-])/C=C(/NCCCCc1ncccc1Cl)NCCSCc1ccncc1. The number of hydrogen-bond donors (Lipinski definition) is 2. The second-order valence-electron chi connectivity index (χ2n) is 5.98. The maximum absolute atomic E-state index is 10.8. The van der Waals surface area contributed by atoms with Crippen molar-refractivity contribution in [1.29, 1.82) is 0 Å². The van der Waals surface area contributed by atoms with Crippen LogP contribution in [0.3, 0.4) is 0 Å². The monoisotopic (exact) mass is 421 g/mol. The minimum absolute atomic E-state index is 0.436. The molecular formula is C19H24ClN5O2S. The summed E-state index contributed by atoms with van der Waals surface area (Å²) in [6.07, 6.45) is 8.80. The third-order valence-corrected chi connectivity index (χ3v) is 5.18. The summed E-state index contributed by atoms with van der Waals surface area (Å²) in [4.78, 5) is 18.6. The molecule has 0 unspecified atom stereocenters. The molecule has 7 nitrogen and oxygen atoms in total. The van der Waals surface area contributed by atoms with Gasteiger partial charge in [0, 0.05) is 43.2 Å². The number of hydrogen-bond acceptors (Lipinski definition) is 7. The highest BCUT2D eigenvalue weighted by Gasteiger charge is 2.04. The van der Waals surface area contributed by atoms with E-state index in [9.17, 15) is 10.1 Å². The lowest BCUT2D eigenvalue weighted by Crippen LogP contribution is -2.29. The molecular weight excluding hydrogens is 398 g/mol. The summed E-state index contributed by atoms with van der Waals surface area (Å²) in [5, 5.41) is 17.7. The largest absolute Gasteiger partial charge is 0.367 e. The van der Waals surface area contributed by atoms with Crippen molar-refractivity contribution in [2.75, 3.05) is 18.8 Å². The Hall–Kier alpha value is -2.32. The number of nitrogens with zero attached hydrogens (tertiary/aromatic N) is 3. The molecule has 28 heavy (non-hydrogen) atoms. The standard InChI is InChI=1S/C19H24ClN5O2S/c20-17-4-3-9-22-18(17)5-1-2-8-23-19(14-25(26)27)24-12-13-28-15-16-6-10-21-11-7-16/h3-4,6-7,9-11,14,23-24H,1-2,5,8,12-13,15H2/b19-14-. The van der Waals surface area contributed by atoms with Gasteiger partial charge in [0.15, 0.2) is 5.82 Å². The number of rotatable bonds is 13. The van der Waals surface area contributed by atoms with Crippen molar-refractivity contribution >= 4 is 23.4 Å². The molecule has 2 aromatic heterocycles. The summed E-state index contributed by atoms with van der Waals surface area (Å²) >= 11 is 7.85. The van der Waals surface area contributed by atoms with Gasteiger partial charge >= 0.3 is 0 Å². The molecule has 9 heteroatoms. The van der Waals surface area contributed by atoms with E-state index >= 15 is 0 Å². The fourth-order valence-corrected chi connectivity index (χ4v) is 3.46. The number of nitro groups is 1. The Labute approximate surface area is 174 Å². The summed E-state index contributed by atoms with van der Waals surface area (Å²) in [6.45, 7) is 1.28. The first-order valence-corrected chi connectivity index (χ1v) is 10.6. The third-order valence-electron chi connectivity index (χ3n) is 3.80. The lowest BCUT2D eigenvalue weighted by Gasteiger charge is -2.11. The van der Waals surface area contributed by atoms with Crippen LogP contribution in [0.5, 0.6) is 0 Å². The molecule has 2 aromatic rings. The van der Waals surface area contributed by atoms with Gasteiger partial charge in [0.1, 0.15) is 0 Å². The summed E-state index contributed by atoms with van der Waals surface area (Å²) < 4.78 is 0. The number of thioether (sulfide) groups is 1. The van der Waals surface area contributed by atoms with Crippen LogP contribution < -0.4 is 10.6 Å². The molecule has 2 rings (SSSR count). The van der Waals surface area contributed by atoms with Crippen molar-refractivity contribution in [3.8, 4) is 0 Å². The Morgan fingerprint density at radius 1 is 1.18 bits per heavy atom. The minimum atomic E-state index is -0.451. The Morgan fingerprint density at radius 3 is 2.71 bits per heavy atom. The highest BCUT2D eigenvalue weighted by Crippen LogP contribution is 2.14. The summed E-state index contributed by atoms with van der Waals surface area (Å²) in [6, 6.07) is 7.61. The van der Waals surface area contributed by atoms with E-state index in [1.165, 1.54) is 5.56 Å². The van der Waals surface area contributed by atoms with Gasteiger partial charge in [0.05, 0.1) is 15.6 Å². The van der Waals surface area contributed by atoms with Gasteiger partial charge in [-0.25, -0.2) is 0 Å². The zero-order chi connectivity index (χ0) is 20.0. The fraction of sp³-hybridized carbons (Fsp3) is 0.368. The number of unbranched alkanes of at least 4 members (excludes halogenated alkanes) is 1. The topological polar surface area (TPSA) is 93.0 Å². The van der Waals surface area contributed by atoms with Crippen molar-refractivity contribution in [3.63, 3.8) is 0 Å². The second-order valence-corrected chi connectivity index (χ2v) is 7.49. The van der Waals surface area contributed by atoms with Crippen LogP contribution in [-0.4, -0.2) is 33.7 Å². The predicted molar refractivity (Wildman–Crippen MR) is 114 cm³/mol. The first-order valence-electron chi connectivity index (χ1n) is 9.04. The van der Waals surface area contributed by atoms with Crippen LogP contribution in [0.1, 0.15) is 24.1 Å². The normalized spacial score (nSPS) is 11.2. The van der Waals surface area contributed by atoms with E-state index in [0.717, 1.165) is 42.7 Å². The Morgan fingerprint density at radius 2 is 1.96 bits per heavy atom. The van der Waals surface area contributed by atoms with Crippen LogP contribution in [0.2, 0.25) is 5.02 Å². The third kappa shape index (κ3) is 9.05. The van der Waals surface area contributed by atoms with E-state index < -0.39 is 4.92 Å². The number of nitrogens with one attached hydrogen (secondary N) is 2. The summed E-state index contributed by atoms with van der Waals surface area (Å²) in [7, 11) is 0. The maximum atomic E-state index is 10.8. The average molecular weight is 422 g/mol. The number of halogens is 1. The lowest BCUT2D eigenvalue weighted by atomic mass is 10.2. The van der Waals surface area contributed by atoms with E-state index in [2.05, 4.69) is 20.6 Å². The Kier molecular flexibility index (Phi) is 10.2. The molecule has 0 aliphatic carbocycles. The van der Waals surface area contributed by atoms with Crippen LogP contribution in [-0.2, 0) is 12.2 Å². The van der Waals surface area contributed by atoms with Gasteiger partial charge in [-0.15, -0.1) is 0 Å². The van der Waals surface area contributed by atoms with Gasteiger partial charge in [-0.05, 0) is 49.1 Å². The van der Waals surface area contributed by atoms with Gasteiger partial charge in [-0.1, -0.05) is 11.6 Å². The van der Waals surface area contributed by atoms with E-state index in [1.54, 1.807) is 30.4 Å². The van der Waals surface area contributed by atoms with Gasteiger partial charge in [0.25, 0.3) is 6.20 Å². The van der Waals surface area contributed by atoms with Gasteiger partial charge in [-0.3, -0.25) is 20.1 Å². The zero-order valence-electron chi connectivity index (χ0n) is 15.5. The predicted octanol–water partition coefficient (Wildman–Crippen LogP) is 3.64. The summed E-state index contributed by atoms with van der Waals surface area (Å²) in [5.41, 5.74) is 2.10. The maximum Gasteiger partial charge on any atom is 0.274 e. The molecule has 0 aliphatic heterocycles. The van der Waals surface area contributed by atoms with Crippen LogP contribution in [0, 0.1) is 10.1 Å². The molecule has 0 amide bonds. The lowest BCUT2D eigenvalue weighted by molar-refractivity contribution is -0.404. The smallest absolute Gasteiger partial charge is 0.274 e. The fourth-order valence-electron chi connectivity index (χ4n) is 2.43. The highest BCUT2D eigenvalue weighted by molar-refractivity contribution is 7.98. The van der Waals surface area contributed by atoms with Crippen molar-refractivity contribution in [3.05, 3.63) is 81.3 Å². The van der Waals surface area contributed by atoms with E-state index in [1.807, 2.05) is 24.3 Å². The quantitative estimate of drug-likeness (QED) is 0.289. The molecule has 2 N–H and O–H groups in total. The van der Waals surface area contributed by atoms with Crippen molar-refractivity contribution < 1.29 is 4.92 Å². The first kappa shape index (κ1) is 22.0. The highest BCUT2D eigenvalue weighted by atomic mass is 35.5. The first-order chi connectivity index (χ1) is 13.6. The number of aryl methyl sites for hydroxylation is 1. The molecule has 0 radical (unpaired) electrons. The van der Waals surface area contributed by atoms with Crippen molar-refractivity contribution in [1.82, 2.24) is 20.6 Å². The Bertz CT molecular complexity index is 761. The molecule has 150 valence electrons. The van der Waals surface area contributed by atoms with Gasteiger partial charge in [-0.2, -0.15) is 11.8 Å². The van der Waals surface area contributed by atoms with Gasteiger partial charge < -0.3 is 10.6 Å². The molecule has 0 aliphatic rings. The van der Waals surface area contributed by atoms with Crippen molar-refractivity contribution in [2.24, 2.45) is 0 Å². The van der Waals surface area contributed by atoms with Crippen LogP contribution in [0.25, 0.3) is 0 Å². The number of aromatic nitrogens is 2. The molecule has 0 saturated heterocycles. The second kappa shape index (κ2) is 13.0. The molecule has 2 heterocycles. The molecule has 0 spiro atoms. The zero-order valence-corrected chi connectivity index (χ0v) is 17.1. The van der Waals surface area contributed by atoms with Gasteiger partial charge in [0.2, 0.25) is 0 Å². The molecule has 0 atom stereocenters. The van der Waals surface area contributed by atoms with E-state index in [0.29, 0.717) is 23.9 Å².